The van der Waals surface area contributed by atoms with Gasteiger partial charge in [0.25, 0.3) is 5.91 Å². The maximum Gasteiger partial charge on any atom is 0.353 e. The van der Waals surface area contributed by atoms with Gasteiger partial charge in [-0.1, -0.05) is 13.8 Å². The molecule has 4 rings (SSSR count). The fourth-order valence-electron chi connectivity index (χ4n) is 5.05. The van der Waals surface area contributed by atoms with Crippen molar-refractivity contribution in [1.29, 1.82) is 0 Å². The lowest BCUT2D eigenvalue weighted by Gasteiger charge is -2.46. The highest BCUT2D eigenvalue weighted by Crippen LogP contribution is 2.52. The van der Waals surface area contributed by atoms with Gasteiger partial charge in [0.05, 0.1) is 18.1 Å². The van der Waals surface area contributed by atoms with Crippen molar-refractivity contribution >= 4 is 35.6 Å². The summed E-state index contributed by atoms with van der Waals surface area (Å²) in [5, 5.41) is 19.5. The van der Waals surface area contributed by atoms with Crippen LogP contribution in [0.3, 0.4) is 0 Å². The first kappa shape index (κ1) is 20.2. The van der Waals surface area contributed by atoms with Crippen molar-refractivity contribution < 1.29 is 29.4 Å². The van der Waals surface area contributed by atoms with Crippen LogP contribution in [0.4, 0.5) is 4.79 Å². The van der Waals surface area contributed by atoms with Gasteiger partial charge in [-0.2, -0.15) is 0 Å². The van der Waals surface area contributed by atoms with Gasteiger partial charge in [0.1, 0.15) is 11.7 Å². The number of carboxylic acid groups (broad SMARTS) is 1. The van der Waals surface area contributed by atoms with E-state index in [0.29, 0.717) is 30.8 Å². The van der Waals surface area contributed by atoms with E-state index in [4.69, 9.17) is 0 Å². The van der Waals surface area contributed by atoms with Crippen molar-refractivity contribution in [2.45, 2.75) is 57.1 Å². The second-order valence-electron chi connectivity index (χ2n) is 8.19. The molecule has 0 saturated carbocycles. The third-order valence-electron chi connectivity index (χ3n) is 6.34. The number of aliphatic hydroxyl groups excluding tert-OH is 1. The van der Waals surface area contributed by atoms with Crippen LogP contribution in [0, 0.1) is 11.8 Å². The number of aliphatic carboxylic acids is 1. The lowest BCUT2D eigenvalue weighted by molar-refractivity contribution is -0.163. The predicted octanol–water partition coefficient (Wildman–Crippen LogP) is 0.688. The molecule has 3 saturated heterocycles. The van der Waals surface area contributed by atoms with Crippen molar-refractivity contribution in [2.75, 3.05) is 13.1 Å². The van der Waals surface area contributed by atoms with E-state index in [9.17, 15) is 29.4 Å². The lowest BCUT2D eigenvalue weighted by atomic mass is 9.79. The van der Waals surface area contributed by atoms with Gasteiger partial charge in [0, 0.05) is 29.2 Å². The summed E-state index contributed by atoms with van der Waals surface area (Å²) in [5.41, 5.74) is -0.0216. The smallest absolute Gasteiger partial charge is 0.353 e. The summed E-state index contributed by atoms with van der Waals surface area (Å²) in [5.74, 6) is -2.53. The van der Waals surface area contributed by atoms with Crippen molar-refractivity contribution in [3.8, 4) is 0 Å². The van der Waals surface area contributed by atoms with Crippen LogP contribution in [0.15, 0.2) is 10.6 Å². The summed E-state index contributed by atoms with van der Waals surface area (Å²) in [4.78, 5) is 54.2. The number of hydrogen-bond donors (Lipinski definition) is 2. The SMILES string of the molecule is CCCN1C(=O)[C@@H]2C[C@H](SC3=C(C(=O)O)N4C(=O)[C@H]([C@@H](C)O)[C@H]4[C@H]3C)CN2C1=O. The first-order valence-corrected chi connectivity index (χ1v) is 10.8. The Morgan fingerprint density at radius 2 is 1.97 bits per heavy atom. The highest BCUT2D eigenvalue weighted by atomic mass is 32.2. The van der Waals surface area contributed by atoms with Gasteiger partial charge >= 0.3 is 12.0 Å². The normalized spacial score (nSPS) is 34.7. The Morgan fingerprint density at radius 3 is 2.52 bits per heavy atom. The van der Waals surface area contributed by atoms with Crippen LogP contribution in [0.2, 0.25) is 0 Å². The molecule has 158 valence electrons. The minimum Gasteiger partial charge on any atom is -0.477 e. The Bertz CT molecular complexity index is 803. The van der Waals surface area contributed by atoms with Crippen molar-refractivity contribution in [1.82, 2.24) is 14.7 Å². The van der Waals surface area contributed by atoms with Crippen molar-refractivity contribution in [3.63, 3.8) is 0 Å². The van der Waals surface area contributed by atoms with E-state index in [-0.39, 0.29) is 40.8 Å². The minimum atomic E-state index is -1.17. The third kappa shape index (κ3) is 2.79. The van der Waals surface area contributed by atoms with Crippen molar-refractivity contribution in [3.05, 3.63) is 10.6 Å². The number of carbonyl (C=O) groups excluding carboxylic acids is 3. The van der Waals surface area contributed by atoms with Gasteiger partial charge in [-0.15, -0.1) is 11.8 Å². The number of urea groups is 1. The number of β-lactam (4-membered cyclic amide) rings is 1. The average Bonchev–Trinajstić information content (AvgIpc) is 3.23. The molecule has 0 aliphatic carbocycles. The molecule has 4 heterocycles. The third-order valence-corrected chi connectivity index (χ3v) is 7.84. The standard InChI is InChI=1S/C19H25N3O6S/c1-4-5-20-16(24)11-6-10(7-21(11)19(20)28)29-15-8(2)13-12(9(3)23)17(25)22(13)14(15)18(26)27/h8-13,23H,4-7H2,1-3H3,(H,26,27)/t8-,9-,10+,11+,12-,13-/m1/s1. The maximum absolute atomic E-state index is 12.5. The molecule has 6 atom stereocenters. The fourth-order valence-corrected chi connectivity index (χ4v) is 6.57. The molecule has 10 heteroatoms. The first-order valence-electron chi connectivity index (χ1n) is 9.96. The summed E-state index contributed by atoms with van der Waals surface area (Å²) in [6.07, 6.45) is 0.331. The second-order valence-corrected chi connectivity index (χ2v) is 9.53. The predicted molar refractivity (Wildman–Crippen MR) is 104 cm³/mol. The van der Waals surface area contributed by atoms with E-state index in [1.807, 2.05) is 13.8 Å². The molecular formula is C19H25N3O6S. The number of carbonyl (C=O) groups is 4. The Balaban J connectivity index is 1.53. The zero-order valence-corrected chi connectivity index (χ0v) is 17.4. The molecule has 0 aromatic rings. The fraction of sp³-hybridized carbons (Fsp3) is 0.684. The molecule has 4 aliphatic rings. The average molecular weight is 423 g/mol. The number of fused-ring (bicyclic) bond motifs is 2. The number of imide groups is 1. The van der Waals surface area contributed by atoms with Crippen LogP contribution in [-0.2, 0) is 14.4 Å². The number of amides is 4. The Morgan fingerprint density at radius 1 is 1.28 bits per heavy atom. The Kier molecular flexibility index (Phi) is 4.89. The van der Waals surface area contributed by atoms with E-state index in [1.54, 1.807) is 11.8 Å². The molecule has 0 aromatic heterocycles. The van der Waals surface area contributed by atoms with Crippen LogP contribution < -0.4 is 0 Å². The van der Waals surface area contributed by atoms with Crippen LogP contribution in [0.25, 0.3) is 0 Å². The van der Waals surface area contributed by atoms with Gasteiger partial charge in [0.15, 0.2) is 0 Å². The maximum atomic E-state index is 12.5. The number of nitrogens with zero attached hydrogens (tertiary/aromatic N) is 3. The quantitative estimate of drug-likeness (QED) is 0.477. The highest BCUT2D eigenvalue weighted by molar-refractivity contribution is 8.03. The number of hydrogen-bond acceptors (Lipinski definition) is 6. The lowest BCUT2D eigenvalue weighted by Crippen LogP contribution is -2.63. The number of carboxylic acids is 1. The molecule has 0 unspecified atom stereocenters. The molecule has 29 heavy (non-hydrogen) atoms. The summed E-state index contributed by atoms with van der Waals surface area (Å²) in [6, 6.07) is -1.12. The molecule has 9 nitrogen and oxygen atoms in total. The van der Waals surface area contributed by atoms with Gasteiger partial charge in [-0.3, -0.25) is 14.5 Å². The monoisotopic (exact) mass is 423 g/mol. The zero-order chi connectivity index (χ0) is 21.2. The Labute approximate surface area is 172 Å². The van der Waals surface area contributed by atoms with E-state index in [1.165, 1.54) is 21.6 Å². The van der Waals surface area contributed by atoms with Gasteiger partial charge in [-0.05, 0) is 19.8 Å². The molecule has 0 radical (unpaired) electrons. The highest BCUT2D eigenvalue weighted by Gasteiger charge is 2.60. The summed E-state index contributed by atoms with van der Waals surface area (Å²) >= 11 is 1.36. The van der Waals surface area contributed by atoms with Gasteiger partial charge in [0.2, 0.25) is 5.91 Å². The molecule has 2 N–H and O–H groups in total. The van der Waals surface area contributed by atoms with E-state index in [2.05, 4.69) is 0 Å². The van der Waals surface area contributed by atoms with E-state index in [0.717, 1.165) is 0 Å². The largest absolute Gasteiger partial charge is 0.477 e. The summed E-state index contributed by atoms with van der Waals surface area (Å²) < 4.78 is 0. The molecule has 0 aromatic carbocycles. The van der Waals surface area contributed by atoms with Crippen LogP contribution in [0.1, 0.15) is 33.6 Å². The molecule has 4 amide bonds. The second kappa shape index (κ2) is 7.02. The van der Waals surface area contributed by atoms with Crippen LogP contribution in [0.5, 0.6) is 0 Å². The first-order chi connectivity index (χ1) is 13.7. The van der Waals surface area contributed by atoms with Crippen LogP contribution >= 0.6 is 11.8 Å². The number of thioether (sulfide) groups is 1. The van der Waals surface area contributed by atoms with Gasteiger partial charge in [-0.25, -0.2) is 9.59 Å². The van der Waals surface area contributed by atoms with Crippen molar-refractivity contribution in [2.24, 2.45) is 11.8 Å². The molecule has 0 bridgehead atoms. The molecule has 3 fully saturated rings. The number of rotatable bonds is 6. The van der Waals surface area contributed by atoms with E-state index >= 15 is 0 Å². The van der Waals surface area contributed by atoms with Crippen LogP contribution in [-0.4, -0.2) is 85.3 Å². The number of aliphatic hydroxyl groups is 1. The minimum absolute atomic E-state index is 0.0216. The molecule has 4 aliphatic heterocycles. The zero-order valence-electron chi connectivity index (χ0n) is 16.6. The topological polar surface area (TPSA) is 118 Å². The van der Waals surface area contributed by atoms with E-state index < -0.39 is 24.0 Å². The summed E-state index contributed by atoms with van der Waals surface area (Å²) in [6.45, 7) is 6.11. The van der Waals surface area contributed by atoms with Gasteiger partial charge < -0.3 is 20.0 Å². The Hall–Kier alpha value is -2.07. The molecule has 0 spiro atoms. The summed E-state index contributed by atoms with van der Waals surface area (Å²) in [7, 11) is 0. The molecular weight excluding hydrogens is 398 g/mol.